The van der Waals surface area contributed by atoms with Crippen molar-refractivity contribution in [3.63, 3.8) is 0 Å². The largest absolute Gasteiger partial charge is 0.455 e. The standard InChI is InChI=1S/C13H10ClF3N2O3/c1-2-22-12(21)19-11-9(10(20)13(15,16)17)8-6(14)4-3-5-7(8)18-11/h3-5,18H,2H2,1H3,(H,19,21). The Kier molecular flexibility index (Phi) is 4.32. The number of aromatic nitrogens is 1. The van der Waals surface area contributed by atoms with Crippen LogP contribution in [0.3, 0.4) is 0 Å². The highest BCUT2D eigenvalue weighted by Gasteiger charge is 2.42. The van der Waals surface area contributed by atoms with Gasteiger partial charge in [0.2, 0.25) is 0 Å². The van der Waals surface area contributed by atoms with E-state index in [-0.39, 0.29) is 22.5 Å². The normalized spacial score (nSPS) is 11.5. The van der Waals surface area contributed by atoms with Crippen LogP contribution in [0.15, 0.2) is 18.2 Å². The molecule has 1 aromatic heterocycles. The Bertz CT molecular complexity index is 740. The summed E-state index contributed by atoms with van der Waals surface area (Å²) in [5.74, 6) is -2.53. The first-order valence-corrected chi connectivity index (χ1v) is 6.49. The second kappa shape index (κ2) is 5.88. The summed E-state index contributed by atoms with van der Waals surface area (Å²) in [4.78, 5) is 25.6. The number of carbonyl (C=O) groups excluding carboxylic acids is 2. The van der Waals surface area contributed by atoms with Gasteiger partial charge in [-0.2, -0.15) is 13.2 Å². The van der Waals surface area contributed by atoms with Crippen LogP contribution < -0.4 is 5.32 Å². The second-order valence-corrected chi connectivity index (χ2v) is 4.62. The zero-order valence-electron chi connectivity index (χ0n) is 11.2. The number of Topliss-reactive ketones (excluding diaryl/α,β-unsaturated/α-hetero) is 1. The Morgan fingerprint density at radius 3 is 2.64 bits per heavy atom. The van der Waals surface area contributed by atoms with E-state index in [0.29, 0.717) is 0 Å². The Balaban J connectivity index is 2.63. The molecule has 22 heavy (non-hydrogen) atoms. The molecule has 0 fully saturated rings. The van der Waals surface area contributed by atoms with Crippen molar-refractivity contribution in [3.8, 4) is 0 Å². The predicted molar refractivity (Wildman–Crippen MR) is 74.3 cm³/mol. The quantitative estimate of drug-likeness (QED) is 0.829. The highest BCUT2D eigenvalue weighted by molar-refractivity contribution is 6.37. The molecule has 118 valence electrons. The van der Waals surface area contributed by atoms with E-state index < -0.39 is 29.4 Å². The van der Waals surface area contributed by atoms with E-state index in [2.05, 4.69) is 15.0 Å². The molecule has 0 spiro atoms. The number of hydrogen-bond donors (Lipinski definition) is 2. The number of rotatable bonds is 3. The van der Waals surface area contributed by atoms with Crippen LogP contribution in [0.4, 0.5) is 23.8 Å². The van der Waals surface area contributed by atoms with Gasteiger partial charge >= 0.3 is 12.3 Å². The molecule has 0 radical (unpaired) electrons. The number of ether oxygens (including phenoxy) is 1. The van der Waals surface area contributed by atoms with Crippen molar-refractivity contribution in [1.29, 1.82) is 0 Å². The summed E-state index contributed by atoms with van der Waals surface area (Å²) in [6, 6.07) is 4.28. The number of benzene rings is 1. The van der Waals surface area contributed by atoms with Crippen molar-refractivity contribution < 1.29 is 27.5 Å². The first kappa shape index (κ1) is 16.2. The van der Waals surface area contributed by atoms with Crippen molar-refractivity contribution in [3.05, 3.63) is 28.8 Å². The average molecular weight is 335 g/mol. The fourth-order valence-corrected chi connectivity index (χ4v) is 2.21. The molecule has 0 aliphatic heterocycles. The molecule has 2 rings (SSSR count). The van der Waals surface area contributed by atoms with Crippen LogP contribution in [0.25, 0.3) is 10.9 Å². The number of nitrogens with one attached hydrogen (secondary N) is 2. The third kappa shape index (κ3) is 3.01. The number of carbonyl (C=O) groups is 2. The van der Waals surface area contributed by atoms with Crippen molar-refractivity contribution in [2.24, 2.45) is 0 Å². The Morgan fingerprint density at radius 2 is 2.05 bits per heavy atom. The Morgan fingerprint density at radius 1 is 1.36 bits per heavy atom. The molecule has 1 heterocycles. The summed E-state index contributed by atoms with van der Waals surface area (Å²) in [5, 5.41) is 1.93. The second-order valence-electron chi connectivity index (χ2n) is 4.21. The van der Waals surface area contributed by atoms with Crippen LogP contribution in [0.5, 0.6) is 0 Å². The van der Waals surface area contributed by atoms with Gasteiger partial charge < -0.3 is 9.72 Å². The fourth-order valence-electron chi connectivity index (χ4n) is 1.94. The zero-order chi connectivity index (χ0) is 16.5. The van der Waals surface area contributed by atoms with E-state index in [4.69, 9.17) is 11.6 Å². The predicted octanol–water partition coefficient (Wildman–Crippen LogP) is 4.13. The van der Waals surface area contributed by atoms with Gasteiger partial charge in [-0.25, -0.2) is 4.79 Å². The molecule has 0 unspecified atom stereocenters. The molecule has 0 saturated carbocycles. The van der Waals surface area contributed by atoms with Gasteiger partial charge in [-0.1, -0.05) is 17.7 Å². The number of aromatic amines is 1. The maximum absolute atomic E-state index is 12.8. The number of hydrogen-bond acceptors (Lipinski definition) is 3. The van der Waals surface area contributed by atoms with Crippen LogP contribution in [0.2, 0.25) is 5.02 Å². The first-order chi connectivity index (χ1) is 10.3. The molecule has 0 aliphatic rings. The minimum atomic E-state index is -5.11. The van der Waals surface area contributed by atoms with E-state index in [1.165, 1.54) is 25.1 Å². The Hall–Kier alpha value is -2.22. The number of halogens is 4. The molecule has 1 amide bonds. The van der Waals surface area contributed by atoms with Gasteiger partial charge in [0.25, 0.3) is 5.78 Å². The zero-order valence-corrected chi connectivity index (χ0v) is 11.9. The fraction of sp³-hybridized carbons (Fsp3) is 0.231. The molecule has 1 aromatic carbocycles. The average Bonchev–Trinajstić information content (AvgIpc) is 2.76. The van der Waals surface area contributed by atoms with E-state index in [9.17, 15) is 22.8 Å². The number of amides is 1. The maximum atomic E-state index is 12.8. The summed E-state index contributed by atoms with van der Waals surface area (Å²) < 4.78 is 43.0. The van der Waals surface area contributed by atoms with E-state index in [0.717, 1.165) is 0 Å². The number of ketones is 1. The van der Waals surface area contributed by atoms with Gasteiger partial charge in [0.15, 0.2) is 0 Å². The van der Waals surface area contributed by atoms with Gasteiger partial charge in [0, 0.05) is 10.9 Å². The minimum Gasteiger partial charge on any atom is -0.450 e. The van der Waals surface area contributed by atoms with Gasteiger partial charge in [-0.15, -0.1) is 0 Å². The van der Waals surface area contributed by atoms with Crippen LogP contribution >= 0.6 is 11.6 Å². The lowest BCUT2D eigenvalue weighted by molar-refractivity contribution is -0.0883. The van der Waals surface area contributed by atoms with Gasteiger partial charge in [0.05, 0.1) is 17.2 Å². The third-order valence-corrected chi connectivity index (χ3v) is 3.08. The molecule has 0 bridgehead atoms. The summed E-state index contributed by atoms with van der Waals surface area (Å²) in [7, 11) is 0. The monoisotopic (exact) mass is 334 g/mol. The molecule has 2 aromatic rings. The van der Waals surface area contributed by atoms with Crippen LogP contribution in [-0.4, -0.2) is 29.6 Å². The molecule has 2 N–H and O–H groups in total. The van der Waals surface area contributed by atoms with Crippen molar-refractivity contribution >= 4 is 40.2 Å². The molecule has 5 nitrogen and oxygen atoms in total. The lowest BCUT2D eigenvalue weighted by atomic mass is 10.1. The van der Waals surface area contributed by atoms with Gasteiger partial charge in [-0.3, -0.25) is 10.1 Å². The summed E-state index contributed by atoms with van der Waals surface area (Å²) in [6.45, 7) is 1.55. The lowest BCUT2D eigenvalue weighted by Gasteiger charge is -2.08. The van der Waals surface area contributed by atoms with Crippen molar-refractivity contribution in [2.45, 2.75) is 13.1 Å². The van der Waals surface area contributed by atoms with Crippen molar-refractivity contribution in [1.82, 2.24) is 4.98 Å². The van der Waals surface area contributed by atoms with Gasteiger partial charge in [-0.05, 0) is 19.1 Å². The van der Waals surface area contributed by atoms with Crippen LogP contribution in [0, 0.1) is 0 Å². The number of anilines is 1. The van der Waals surface area contributed by atoms with E-state index in [1.807, 2.05) is 0 Å². The van der Waals surface area contributed by atoms with Crippen molar-refractivity contribution in [2.75, 3.05) is 11.9 Å². The summed E-state index contributed by atoms with van der Waals surface area (Å²) in [6.07, 6.45) is -6.10. The molecular weight excluding hydrogens is 325 g/mol. The maximum Gasteiger partial charge on any atom is 0.455 e. The molecular formula is C13H10ClF3N2O3. The van der Waals surface area contributed by atoms with Crippen LogP contribution in [0.1, 0.15) is 17.3 Å². The number of fused-ring (bicyclic) bond motifs is 1. The first-order valence-electron chi connectivity index (χ1n) is 6.11. The van der Waals surface area contributed by atoms with Crippen LogP contribution in [-0.2, 0) is 4.74 Å². The lowest BCUT2D eigenvalue weighted by Crippen LogP contribution is -2.24. The molecule has 9 heteroatoms. The number of H-pyrrole nitrogens is 1. The number of alkyl halides is 3. The third-order valence-electron chi connectivity index (χ3n) is 2.76. The smallest absolute Gasteiger partial charge is 0.450 e. The summed E-state index contributed by atoms with van der Waals surface area (Å²) >= 11 is 5.88. The molecule has 0 atom stereocenters. The van der Waals surface area contributed by atoms with Gasteiger partial charge in [0.1, 0.15) is 5.82 Å². The summed E-state index contributed by atoms with van der Waals surface area (Å²) in [5.41, 5.74) is -0.562. The Labute approximate surface area is 127 Å². The molecule has 0 saturated heterocycles. The molecule has 0 aliphatic carbocycles. The highest BCUT2D eigenvalue weighted by atomic mass is 35.5. The highest BCUT2D eigenvalue weighted by Crippen LogP contribution is 2.36. The van der Waals surface area contributed by atoms with E-state index >= 15 is 0 Å². The van der Waals surface area contributed by atoms with E-state index in [1.54, 1.807) is 0 Å². The topological polar surface area (TPSA) is 71.2 Å². The minimum absolute atomic E-state index is 0.0232. The SMILES string of the molecule is CCOC(=O)Nc1[nH]c2cccc(Cl)c2c1C(=O)C(F)(F)F.